The summed E-state index contributed by atoms with van der Waals surface area (Å²) in [5, 5.41) is 6.93. The molecule has 5 rings (SSSR count). The number of hydrogen-bond acceptors (Lipinski definition) is 6. The minimum absolute atomic E-state index is 0.0252. The van der Waals surface area contributed by atoms with E-state index in [1.807, 2.05) is 6.07 Å². The summed E-state index contributed by atoms with van der Waals surface area (Å²) in [5.74, 6) is 0.264. The van der Waals surface area contributed by atoms with Crippen molar-refractivity contribution < 1.29 is 14.0 Å². The molecule has 1 N–H and O–H groups in total. The van der Waals surface area contributed by atoms with Crippen molar-refractivity contribution in [3.8, 4) is 11.1 Å². The number of hydrogen-bond donors (Lipinski definition) is 1. The van der Waals surface area contributed by atoms with Crippen molar-refractivity contribution in [3.63, 3.8) is 0 Å². The van der Waals surface area contributed by atoms with E-state index < -0.39 is 17.1 Å². The van der Waals surface area contributed by atoms with Crippen molar-refractivity contribution in [2.45, 2.75) is 32.7 Å². The Morgan fingerprint density at radius 1 is 1.25 bits per heavy atom. The molecule has 1 saturated heterocycles. The van der Waals surface area contributed by atoms with Gasteiger partial charge in [-0.3, -0.25) is 24.2 Å². The van der Waals surface area contributed by atoms with Crippen molar-refractivity contribution in [2.24, 2.45) is 23.4 Å². The van der Waals surface area contributed by atoms with Crippen molar-refractivity contribution in [2.75, 3.05) is 18.5 Å². The first kappa shape index (κ1) is 23.8. The number of benzene rings is 1. The smallest absolute Gasteiger partial charge is 0.270 e. The van der Waals surface area contributed by atoms with Gasteiger partial charge in [-0.2, -0.15) is 5.10 Å². The van der Waals surface area contributed by atoms with Crippen molar-refractivity contribution >= 4 is 23.8 Å². The highest BCUT2D eigenvalue weighted by Gasteiger charge is 2.55. The van der Waals surface area contributed by atoms with Gasteiger partial charge in [0.05, 0.1) is 11.6 Å². The molecule has 0 unspecified atom stereocenters. The Morgan fingerprint density at radius 2 is 2.06 bits per heavy atom. The Hall–Kier alpha value is -3.95. The van der Waals surface area contributed by atoms with Gasteiger partial charge in [-0.1, -0.05) is 0 Å². The molecule has 1 aliphatic carbocycles. The third kappa shape index (κ3) is 4.50. The number of rotatable bonds is 7. The monoisotopic (exact) mass is 489 g/mol. The molecule has 0 bridgehead atoms. The van der Waals surface area contributed by atoms with E-state index in [2.05, 4.69) is 25.4 Å². The molecule has 36 heavy (non-hydrogen) atoms. The predicted octanol–water partition coefficient (Wildman–Crippen LogP) is 3.09. The molecule has 1 atom stereocenters. The molecule has 186 valence electrons. The number of aromatic nitrogens is 4. The number of nitrogens with zero attached hydrogens (tertiary/aromatic N) is 6. The van der Waals surface area contributed by atoms with E-state index in [-0.39, 0.29) is 18.1 Å². The highest BCUT2D eigenvalue weighted by Crippen LogP contribution is 2.51. The normalized spacial score (nSPS) is 19.9. The zero-order valence-electron chi connectivity index (χ0n) is 20.5. The summed E-state index contributed by atoms with van der Waals surface area (Å²) >= 11 is 0. The summed E-state index contributed by atoms with van der Waals surface area (Å²) in [5.41, 5.74) is 1.64. The number of amides is 2. The van der Waals surface area contributed by atoms with E-state index in [0.717, 1.165) is 18.4 Å². The molecule has 2 aromatic heterocycles. The van der Waals surface area contributed by atoms with Crippen LogP contribution in [0.25, 0.3) is 11.1 Å². The summed E-state index contributed by atoms with van der Waals surface area (Å²) in [7, 11) is 3.48. The highest BCUT2D eigenvalue weighted by molar-refractivity contribution is 6.10. The first-order chi connectivity index (χ1) is 17.3. The van der Waals surface area contributed by atoms with Gasteiger partial charge in [-0.15, -0.1) is 0 Å². The lowest BCUT2D eigenvalue weighted by atomic mass is 9.82. The van der Waals surface area contributed by atoms with E-state index in [4.69, 9.17) is 0 Å². The van der Waals surface area contributed by atoms with Gasteiger partial charge in [0.2, 0.25) is 5.91 Å². The first-order valence-electron chi connectivity index (χ1n) is 12.0. The van der Waals surface area contributed by atoms with Crippen molar-refractivity contribution in [3.05, 3.63) is 59.6 Å². The number of aryl methyl sites for hydroxylation is 2. The lowest BCUT2D eigenvalue weighted by Gasteiger charge is -2.23. The van der Waals surface area contributed by atoms with Crippen LogP contribution in [-0.2, 0) is 18.4 Å². The van der Waals surface area contributed by atoms with E-state index >= 15 is 0 Å². The standard InChI is InChI=1S/C26H28FN7O2/c1-16-31-22(11-23(32-16)34-7-6-26(15-28-2,25(34)36)20-4-5-20)24(35)29-12-17-8-18(10-21(27)9-17)19-13-30-33(3)14-19/h8-11,13-15,20H,4-7,12H2,1-3H3,(H,29,35)/b28-15-/t26-/m1/s1. The zero-order chi connectivity index (χ0) is 25.4. The van der Waals surface area contributed by atoms with Gasteiger partial charge in [0.25, 0.3) is 5.91 Å². The van der Waals surface area contributed by atoms with Crippen LogP contribution in [-0.4, -0.2) is 51.4 Å². The molecule has 0 radical (unpaired) electrons. The summed E-state index contributed by atoms with van der Waals surface area (Å²) in [6.07, 6.45) is 7.96. The largest absolute Gasteiger partial charge is 0.347 e. The van der Waals surface area contributed by atoms with E-state index in [0.29, 0.717) is 41.7 Å². The fourth-order valence-electron chi connectivity index (χ4n) is 4.98. The van der Waals surface area contributed by atoms with Crippen LogP contribution in [0.2, 0.25) is 0 Å². The fourth-order valence-corrected chi connectivity index (χ4v) is 4.98. The van der Waals surface area contributed by atoms with Gasteiger partial charge < -0.3 is 5.32 Å². The lowest BCUT2D eigenvalue weighted by molar-refractivity contribution is -0.123. The number of halogens is 1. The number of carbonyl (C=O) groups is 2. The molecule has 2 fully saturated rings. The van der Waals surface area contributed by atoms with Crippen LogP contribution in [0, 0.1) is 24.1 Å². The molecule has 2 aliphatic rings. The quantitative estimate of drug-likeness (QED) is 0.514. The average Bonchev–Trinajstić information content (AvgIpc) is 3.53. The molecule has 3 aromatic rings. The Morgan fingerprint density at radius 3 is 2.75 bits per heavy atom. The molecular formula is C26H28FN7O2. The second-order valence-electron chi connectivity index (χ2n) is 9.50. The minimum Gasteiger partial charge on any atom is -0.347 e. The predicted molar refractivity (Wildman–Crippen MR) is 133 cm³/mol. The molecule has 9 nitrogen and oxygen atoms in total. The Labute approximate surface area is 208 Å². The lowest BCUT2D eigenvalue weighted by Crippen LogP contribution is -2.38. The Balaban J connectivity index is 1.33. The summed E-state index contributed by atoms with van der Waals surface area (Å²) < 4.78 is 15.9. The maximum Gasteiger partial charge on any atom is 0.270 e. The van der Waals surface area contributed by atoms with Crippen LogP contribution < -0.4 is 10.2 Å². The van der Waals surface area contributed by atoms with Crippen LogP contribution in [0.3, 0.4) is 0 Å². The Bertz CT molecular complexity index is 1360. The minimum atomic E-state index is -0.584. The third-order valence-corrected chi connectivity index (χ3v) is 6.84. The van der Waals surface area contributed by atoms with Crippen LogP contribution in [0.1, 0.15) is 41.1 Å². The summed E-state index contributed by atoms with van der Waals surface area (Å²) in [6.45, 7) is 2.32. The molecule has 0 spiro atoms. The third-order valence-electron chi connectivity index (χ3n) is 6.84. The SMILES string of the molecule is C/N=C\[C@@]1(C2CC2)CCN(c2cc(C(=O)NCc3cc(F)cc(-c4cnn(C)c4)c3)nc(C)n2)C1=O. The number of nitrogens with one attached hydrogen (secondary N) is 1. The molecule has 1 aromatic carbocycles. The van der Waals surface area contributed by atoms with Gasteiger partial charge in [0, 0.05) is 51.2 Å². The Kier molecular flexibility index (Phi) is 6.11. The number of carbonyl (C=O) groups excluding carboxylic acids is 2. The molecule has 10 heteroatoms. The van der Waals surface area contributed by atoms with Crippen LogP contribution in [0.5, 0.6) is 0 Å². The van der Waals surface area contributed by atoms with Crippen molar-refractivity contribution in [1.82, 2.24) is 25.1 Å². The second kappa shape index (κ2) is 9.25. The highest BCUT2D eigenvalue weighted by atomic mass is 19.1. The summed E-state index contributed by atoms with van der Waals surface area (Å²) in [6, 6.07) is 6.17. The first-order valence-corrected chi connectivity index (χ1v) is 12.0. The second-order valence-corrected chi connectivity index (χ2v) is 9.50. The van der Waals surface area contributed by atoms with E-state index in [9.17, 15) is 14.0 Å². The fraction of sp³-hybridized carbons (Fsp3) is 0.385. The molecule has 2 amide bonds. The van der Waals surface area contributed by atoms with E-state index in [1.165, 1.54) is 12.1 Å². The number of aliphatic imine (C=N–C) groups is 1. The molecular weight excluding hydrogens is 461 g/mol. The summed E-state index contributed by atoms with van der Waals surface area (Å²) in [4.78, 5) is 40.9. The van der Waals surface area contributed by atoms with Gasteiger partial charge in [-0.05, 0) is 61.4 Å². The molecule has 3 heterocycles. The van der Waals surface area contributed by atoms with E-state index in [1.54, 1.807) is 55.3 Å². The maximum absolute atomic E-state index is 14.3. The molecule has 1 saturated carbocycles. The zero-order valence-corrected chi connectivity index (χ0v) is 20.5. The van der Waals surface area contributed by atoms with Gasteiger partial charge in [0.15, 0.2) is 0 Å². The average molecular weight is 490 g/mol. The number of anilines is 1. The van der Waals surface area contributed by atoms with Crippen LogP contribution in [0.15, 0.2) is 41.7 Å². The van der Waals surface area contributed by atoms with Crippen LogP contribution in [0.4, 0.5) is 10.2 Å². The van der Waals surface area contributed by atoms with Gasteiger partial charge in [0.1, 0.15) is 23.2 Å². The molecule has 1 aliphatic heterocycles. The van der Waals surface area contributed by atoms with Crippen molar-refractivity contribution in [1.29, 1.82) is 0 Å². The topological polar surface area (TPSA) is 105 Å². The van der Waals surface area contributed by atoms with Gasteiger partial charge >= 0.3 is 0 Å². The maximum atomic E-state index is 14.3. The van der Waals surface area contributed by atoms with Gasteiger partial charge in [-0.25, -0.2) is 14.4 Å². The van der Waals surface area contributed by atoms with Crippen LogP contribution >= 0.6 is 0 Å².